The maximum atomic E-state index is 11.5. The van der Waals surface area contributed by atoms with Crippen molar-refractivity contribution < 1.29 is 4.79 Å². The average Bonchev–Trinajstić information content (AvgIpc) is 3.16. The van der Waals surface area contributed by atoms with Crippen molar-refractivity contribution in [2.24, 2.45) is 0 Å². The third-order valence-corrected chi connectivity index (χ3v) is 6.84. The molecule has 0 bridgehead atoms. The molecule has 1 fully saturated rings. The van der Waals surface area contributed by atoms with E-state index >= 15 is 0 Å². The van der Waals surface area contributed by atoms with Crippen molar-refractivity contribution in [1.82, 2.24) is 20.6 Å². The molecule has 170 valence electrons. The fourth-order valence-electron chi connectivity index (χ4n) is 5.25. The zero-order valence-corrected chi connectivity index (χ0v) is 20.0. The number of rotatable bonds is 6. The first-order valence-corrected chi connectivity index (χ1v) is 11.9. The zero-order valence-electron chi connectivity index (χ0n) is 20.0. The van der Waals surface area contributed by atoms with Crippen LogP contribution in [-0.4, -0.2) is 35.5 Å². The number of carbonyl (C=O) groups is 1. The van der Waals surface area contributed by atoms with Crippen LogP contribution in [0.15, 0.2) is 30.3 Å². The van der Waals surface area contributed by atoms with Crippen LogP contribution in [0.4, 0.5) is 0 Å². The highest BCUT2D eigenvalue weighted by Crippen LogP contribution is 2.39. The van der Waals surface area contributed by atoms with Gasteiger partial charge in [-0.15, -0.1) is 0 Å². The molecule has 0 spiro atoms. The van der Waals surface area contributed by atoms with E-state index in [2.05, 4.69) is 78.6 Å². The van der Waals surface area contributed by atoms with E-state index in [4.69, 9.17) is 0 Å². The first kappa shape index (κ1) is 22.5. The van der Waals surface area contributed by atoms with Gasteiger partial charge in [0.25, 0.3) is 0 Å². The Bertz CT molecular complexity index is 1090. The van der Waals surface area contributed by atoms with Crippen molar-refractivity contribution in [2.45, 2.75) is 71.3 Å². The van der Waals surface area contributed by atoms with E-state index in [0.29, 0.717) is 24.4 Å². The zero-order chi connectivity index (χ0) is 22.8. The lowest BCUT2D eigenvalue weighted by atomic mass is 9.81. The van der Waals surface area contributed by atoms with Crippen LogP contribution in [0.5, 0.6) is 0 Å². The van der Waals surface area contributed by atoms with Crippen LogP contribution in [0.2, 0.25) is 0 Å². The molecule has 32 heavy (non-hydrogen) atoms. The summed E-state index contributed by atoms with van der Waals surface area (Å²) < 4.78 is 0. The molecule has 2 heterocycles. The molecule has 1 amide bonds. The topological polar surface area (TPSA) is 69.8 Å². The third kappa shape index (κ3) is 4.73. The predicted molar refractivity (Wildman–Crippen MR) is 132 cm³/mol. The highest BCUT2D eigenvalue weighted by Gasteiger charge is 2.24. The molecule has 2 aromatic heterocycles. The highest BCUT2D eigenvalue weighted by atomic mass is 16.1. The molecule has 1 aromatic carbocycles. The lowest BCUT2D eigenvalue weighted by Crippen LogP contribution is -2.39. The number of H-pyrrole nitrogens is 1. The number of hydrogen-bond donors (Lipinski definition) is 3. The molecular weight excluding hydrogens is 396 g/mol. The number of nitrogens with one attached hydrogen (secondary N) is 3. The summed E-state index contributed by atoms with van der Waals surface area (Å²) in [7, 11) is 1.69. The van der Waals surface area contributed by atoms with Crippen molar-refractivity contribution in [3.05, 3.63) is 52.8 Å². The SMILES string of the molecule is CNC(=O)CNC1CCC(c2ccc3[nH]c(-c4cc(C)nc(C)c4)c(C(C)C)c3c2)CC1. The van der Waals surface area contributed by atoms with Gasteiger partial charge in [0.05, 0.1) is 12.2 Å². The summed E-state index contributed by atoms with van der Waals surface area (Å²) in [5.74, 6) is 1.07. The summed E-state index contributed by atoms with van der Waals surface area (Å²) in [5, 5.41) is 7.44. The number of amides is 1. The van der Waals surface area contributed by atoms with Gasteiger partial charge >= 0.3 is 0 Å². The van der Waals surface area contributed by atoms with E-state index in [-0.39, 0.29) is 5.91 Å². The van der Waals surface area contributed by atoms with Gasteiger partial charge in [0.2, 0.25) is 5.91 Å². The Morgan fingerprint density at radius 2 is 1.78 bits per heavy atom. The molecule has 1 saturated carbocycles. The second kappa shape index (κ2) is 9.45. The fourth-order valence-corrected chi connectivity index (χ4v) is 5.25. The summed E-state index contributed by atoms with van der Waals surface area (Å²) >= 11 is 0. The maximum Gasteiger partial charge on any atom is 0.233 e. The summed E-state index contributed by atoms with van der Waals surface area (Å²) in [4.78, 5) is 19.8. The number of aryl methyl sites for hydroxylation is 2. The molecule has 0 radical (unpaired) electrons. The van der Waals surface area contributed by atoms with Gasteiger partial charge in [-0.05, 0) is 86.8 Å². The van der Waals surface area contributed by atoms with Gasteiger partial charge in [-0.3, -0.25) is 9.78 Å². The molecule has 5 heteroatoms. The summed E-state index contributed by atoms with van der Waals surface area (Å²) in [6.45, 7) is 9.10. The van der Waals surface area contributed by atoms with E-state index < -0.39 is 0 Å². The Hall–Kier alpha value is -2.66. The Kier molecular flexibility index (Phi) is 6.66. The minimum atomic E-state index is 0.0571. The molecule has 1 aliphatic rings. The Labute approximate surface area is 191 Å². The second-order valence-electron chi connectivity index (χ2n) is 9.61. The first-order valence-electron chi connectivity index (χ1n) is 11.9. The number of fused-ring (bicyclic) bond motifs is 1. The minimum Gasteiger partial charge on any atom is -0.358 e. The fraction of sp³-hybridized carbons (Fsp3) is 0.481. The average molecular weight is 433 g/mol. The monoisotopic (exact) mass is 432 g/mol. The molecule has 3 aromatic rings. The maximum absolute atomic E-state index is 11.5. The van der Waals surface area contributed by atoms with Crippen molar-refractivity contribution in [3.63, 3.8) is 0 Å². The third-order valence-electron chi connectivity index (χ3n) is 6.84. The van der Waals surface area contributed by atoms with Gasteiger partial charge in [0.15, 0.2) is 0 Å². The molecule has 1 aliphatic carbocycles. The van der Waals surface area contributed by atoms with Crippen molar-refractivity contribution in [1.29, 1.82) is 0 Å². The van der Waals surface area contributed by atoms with Crippen molar-refractivity contribution in [2.75, 3.05) is 13.6 Å². The van der Waals surface area contributed by atoms with Crippen molar-refractivity contribution in [3.8, 4) is 11.3 Å². The van der Waals surface area contributed by atoms with Gasteiger partial charge in [0.1, 0.15) is 0 Å². The first-order chi connectivity index (χ1) is 15.4. The summed E-state index contributed by atoms with van der Waals surface area (Å²) in [5.41, 5.74) is 8.60. The number of benzene rings is 1. The molecule has 3 N–H and O–H groups in total. The van der Waals surface area contributed by atoms with Gasteiger partial charge < -0.3 is 15.6 Å². The van der Waals surface area contributed by atoms with Crippen molar-refractivity contribution >= 4 is 16.8 Å². The van der Waals surface area contributed by atoms with Gasteiger partial charge in [-0.1, -0.05) is 19.9 Å². The van der Waals surface area contributed by atoms with Crippen LogP contribution in [0.1, 0.15) is 73.9 Å². The van der Waals surface area contributed by atoms with Gasteiger partial charge in [-0.25, -0.2) is 0 Å². The largest absolute Gasteiger partial charge is 0.358 e. The van der Waals surface area contributed by atoms with E-state index in [1.807, 2.05) is 0 Å². The van der Waals surface area contributed by atoms with Crippen LogP contribution < -0.4 is 10.6 Å². The van der Waals surface area contributed by atoms with Gasteiger partial charge in [0, 0.05) is 40.9 Å². The molecule has 0 saturated heterocycles. The Balaban J connectivity index is 1.59. The molecule has 0 atom stereocenters. The summed E-state index contributed by atoms with van der Waals surface area (Å²) in [6, 6.07) is 11.8. The van der Waals surface area contributed by atoms with Crippen LogP contribution in [0, 0.1) is 13.8 Å². The van der Waals surface area contributed by atoms with Crippen LogP contribution in [0.25, 0.3) is 22.2 Å². The predicted octanol–water partition coefficient (Wildman–Crippen LogP) is 5.33. The molecule has 0 unspecified atom stereocenters. The number of likely N-dealkylation sites (N-methyl/N-ethyl adjacent to an activating group) is 1. The number of aromatic nitrogens is 2. The van der Waals surface area contributed by atoms with E-state index in [0.717, 1.165) is 37.1 Å². The standard InChI is InChI=1S/C27H36N4O/c1-16(2)26-23-14-20(19-6-9-22(10-7-19)29-15-25(32)28-5)8-11-24(23)31-27(26)21-12-17(3)30-18(4)13-21/h8,11-14,16,19,22,29,31H,6-7,9-10,15H2,1-5H3,(H,28,32). The smallest absolute Gasteiger partial charge is 0.233 e. The number of nitrogens with zero attached hydrogens (tertiary/aromatic N) is 1. The number of hydrogen-bond acceptors (Lipinski definition) is 3. The molecule has 0 aliphatic heterocycles. The normalized spacial score (nSPS) is 18.9. The van der Waals surface area contributed by atoms with E-state index in [9.17, 15) is 4.79 Å². The summed E-state index contributed by atoms with van der Waals surface area (Å²) in [6.07, 6.45) is 4.55. The number of carbonyl (C=O) groups excluding carboxylic acids is 1. The van der Waals surface area contributed by atoms with Gasteiger partial charge in [-0.2, -0.15) is 0 Å². The Morgan fingerprint density at radius 3 is 2.41 bits per heavy atom. The molecule has 4 rings (SSSR count). The second-order valence-corrected chi connectivity index (χ2v) is 9.61. The van der Waals surface area contributed by atoms with Crippen LogP contribution in [-0.2, 0) is 4.79 Å². The molecule has 5 nitrogen and oxygen atoms in total. The lowest BCUT2D eigenvalue weighted by Gasteiger charge is -2.29. The van der Waals surface area contributed by atoms with Crippen LogP contribution >= 0.6 is 0 Å². The van der Waals surface area contributed by atoms with E-state index in [1.54, 1.807) is 7.05 Å². The number of pyridine rings is 1. The number of aromatic amines is 1. The quantitative estimate of drug-likeness (QED) is 0.493. The van der Waals surface area contributed by atoms with E-state index in [1.165, 1.54) is 33.3 Å². The lowest BCUT2D eigenvalue weighted by molar-refractivity contribution is -0.119. The highest BCUT2D eigenvalue weighted by molar-refractivity contribution is 5.92. The Morgan fingerprint density at radius 1 is 1.09 bits per heavy atom. The molecular formula is C27H36N4O. The van der Waals surface area contributed by atoms with Crippen LogP contribution in [0.3, 0.4) is 0 Å². The minimum absolute atomic E-state index is 0.0571.